The van der Waals surface area contributed by atoms with Gasteiger partial charge >= 0.3 is 5.97 Å². The van der Waals surface area contributed by atoms with Crippen LogP contribution in [-0.2, 0) is 0 Å². The van der Waals surface area contributed by atoms with Crippen LogP contribution >= 0.6 is 15.9 Å². The van der Waals surface area contributed by atoms with E-state index in [9.17, 15) is 15.2 Å². The molecule has 0 atom stereocenters. The molecule has 0 radical (unpaired) electrons. The van der Waals surface area contributed by atoms with Gasteiger partial charge in [0.15, 0.2) is 0 Å². The van der Waals surface area contributed by atoms with E-state index in [1.165, 1.54) is 10.7 Å². The molecule has 0 bridgehead atoms. The number of halogens is 1. The highest BCUT2D eigenvalue weighted by Crippen LogP contribution is 2.24. The van der Waals surface area contributed by atoms with Crippen LogP contribution in [0.25, 0.3) is 16.7 Å². The quantitative estimate of drug-likeness (QED) is 0.772. The lowest BCUT2D eigenvalue weighted by Gasteiger charge is -2.06. The number of nitrogens with zero attached hydrogens (tertiary/aromatic N) is 4. The largest absolute Gasteiger partial charge is 0.478 e. The molecule has 0 aliphatic carbocycles. The standard InChI is InChI=1S/C14H7BrN4O2/c15-9-4-5-12(8(6-9)7-16)19-13-10(14(20)21)2-1-3-11(13)17-18-19/h1-6H,(H,20,21). The summed E-state index contributed by atoms with van der Waals surface area (Å²) < 4.78 is 2.13. The first-order chi connectivity index (χ1) is 10.1. The highest BCUT2D eigenvalue weighted by molar-refractivity contribution is 9.10. The molecule has 0 fully saturated rings. The van der Waals surface area contributed by atoms with Crippen molar-refractivity contribution < 1.29 is 9.90 Å². The zero-order valence-corrected chi connectivity index (χ0v) is 12.1. The number of hydrogen-bond acceptors (Lipinski definition) is 4. The van der Waals surface area contributed by atoms with Gasteiger partial charge in [-0.05, 0) is 30.3 Å². The van der Waals surface area contributed by atoms with Gasteiger partial charge in [-0.2, -0.15) is 5.26 Å². The van der Waals surface area contributed by atoms with Gasteiger partial charge in [0.2, 0.25) is 0 Å². The maximum Gasteiger partial charge on any atom is 0.337 e. The first kappa shape index (κ1) is 13.3. The summed E-state index contributed by atoms with van der Waals surface area (Å²) in [5, 5.41) is 26.5. The molecule has 3 rings (SSSR count). The van der Waals surface area contributed by atoms with Gasteiger partial charge in [0.1, 0.15) is 17.1 Å². The normalized spacial score (nSPS) is 10.5. The Bertz CT molecular complexity index is 911. The molecule has 7 heteroatoms. The molecule has 6 nitrogen and oxygen atoms in total. The Morgan fingerprint density at radius 1 is 1.33 bits per heavy atom. The maximum atomic E-state index is 11.4. The third kappa shape index (κ3) is 2.15. The Morgan fingerprint density at radius 2 is 2.14 bits per heavy atom. The molecule has 102 valence electrons. The smallest absolute Gasteiger partial charge is 0.337 e. The van der Waals surface area contributed by atoms with Crippen molar-refractivity contribution >= 4 is 32.9 Å². The minimum absolute atomic E-state index is 0.0873. The Hall–Kier alpha value is -2.72. The molecule has 0 aliphatic heterocycles. The zero-order chi connectivity index (χ0) is 15.0. The van der Waals surface area contributed by atoms with Gasteiger partial charge in [-0.15, -0.1) is 5.10 Å². The monoisotopic (exact) mass is 342 g/mol. The van der Waals surface area contributed by atoms with Crippen LogP contribution in [0.4, 0.5) is 0 Å². The van der Waals surface area contributed by atoms with Gasteiger partial charge < -0.3 is 5.11 Å². The van der Waals surface area contributed by atoms with Crippen LogP contribution in [0, 0.1) is 11.3 Å². The lowest BCUT2D eigenvalue weighted by Crippen LogP contribution is -2.05. The van der Waals surface area contributed by atoms with Crippen LogP contribution in [0.3, 0.4) is 0 Å². The zero-order valence-electron chi connectivity index (χ0n) is 10.5. The molecule has 21 heavy (non-hydrogen) atoms. The van der Waals surface area contributed by atoms with Crippen LogP contribution in [0.1, 0.15) is 15.9 Å². The molecule has 0 amide bonds. The maximum absolute atomic E-state index is 11.4. The molecule has 0 spiro atoms. The Kier molecular flexibility index (Phi) is 3.16. The number of fused-ring (bicyclic) bond motifs is 1. The Morgan fingerprint density at radius 3 is 2.86 bits per heavy atom. The van der Waals surface area contributed by atoms with Crippen LogP contribution in [-0.4, -0.2) is 26.1 Å². The SMILES string of the molecule is N#Cc1cc(Br)ccc1-n1nnc2cccc(C(=O)O)c21. The average Bonchev–Trinajstić information content (AvgIpc) is 2.90. The lowest BCUT2D eigenvalue weighted by molar-refractivity contribution is 0.0698. The predicted octanol–water partition coefficient (Wildman–Crippen LogP) is 2.75. The molecular formula is C14H7BrN4O2. The summed E-state index contributed by atoms with van der Waals surface area (Å²) in [7, 11) is 0. The summed E-state index contributed by atoms with van der Waals surface area (Å²) >= 11 is 3.30. The number of aromatic carboxylic acids is 1. The van der Waals surface area contributed by atoms with Crippen molar-refractivity contribution in [2.45, 2.75) is 0 Å². The van der Waals surface area contributed by atoms with Crippen LogP contribution in [0.15, 0.2) is 40.9 Å². The van der Waals surface area contributed by atoms with E-state index >= 15 is 0 Å². The van der Waals surface area contributed by atoms with Crippen molar-refractivity contribution in [3.63, 3.8) is 0 Å². The molecule has 1 N–H and O–H groups in total. The number of rotatable bonds is 2. The topological polar surface area (TPSA) is 91.8 Å². The molecule has 1 heterocycles. The number of carboxylic acid groups (broad SMARTS) is 1. The summed E-state index contributed by atoms with van der Waals surface area (Å²) in [6, 6.07) is 11.9. The number of nitriles is 1. The average molecular weight is 343 g/mol. The molecule has 0 saturated heterocycles. The minimum atomic E-state index is -1.07. The van der Waals surface area contributed by atoms with Crippen molar-refractivity contribution in [2.75, 3.05) is 0 Å². The fourth-order valence-corrected chi connectivity index (χ4v) is 2.46. The van der Waals surface area contributed by atoms with Gasteiger partial charge in [0, 0.05) is 4.47 Å². The van der Waals surface area contributed by atoms with Gasteiger partial charge in [-0.3, -0.25) is 0 Å². The van der Waals surface area contributed by atoms with E-state index in [-0.39, 0.29) is 5.56 Å². The first-order valence-corrected chi connectivity index (χ1v) is 6.69. The molecule has 1 aromatic heterocycles. The van der Waals surface area contributed by atoms with E-state index < -0.39 is 5.97 Å². The van der Waals surface area contributed by atoms with Crippen molar-refractivity contribution in [2.24, 2.45) is 0 Å². The summed E-state index contributed by atoms with van der Waals surface area (Å²) in [5.74, 6) is -1.07. The van der Waals surface area contributed by atoms with Gasteiger partial charge in [0.25, 0.3) is 0 Å². The fraction of sp³-hybridized carbons (Fsp3) is 0. The van der Waals surface area contributed by atoms with E-state index in [1.807, 2.05) is 0 Å². The number of carboxylic acids is 1. The first-order valence-electron chi connectivity index (χ1n) is 5.89. The van der Waals surface area contributed by atoms with Crippen molar-refractivity contribution in [1.29, 1.82) is 5.26 Å². The Balaban J connectivity index is 2.37. The number of benzene rings is 2. The minimum Gasteiger partial charge on any atom is -0.478 e. The third-order valence-electron chi connectivity index (χ3n) is 3.01. The summed E-state index contributed by atoms with van der Waals surface area (Å²) in [5.41, 5.74) is 1.77. The second-order valence-electron chi connectivity index (χ2n) is 4.25. The van der Waals surface area contributed by atoms with Gasteiger partial charge in [-0.1, -0.05) is 27.2 Å². The molecule has 0 unspecified atom stereocenters. The van der Waals surface area contributed by atoms with E-state index in [4.69, 9.17) is 0 Å². The van der Waals surface area contributed by atoms with E-state index in [1.54, 1.807) is 30.3 Å². The van der Waals surface area contributed by atoms with Crippen LogP contribution in [0.2, 0.25) is 0 Å². The molecule has 3 aromatic rings. The van der Waals surface area contributed by atoms with Crippen LogP contribution in [0.5, 0.6) is 0 Å². The van der Waals surface area contributed by atoms with Gasteiger partial charge in [-0.25, -0.2) is 9.48 Å². The number of para-hydroxylation sites is 1. The Labute approximate surface area is 127 Å². The number of carbonyl (C=O) groups is 1. The summed E-state index contributed by atoms with van der Waals surface area (Å²) in [4.78, 5) is 11.4. The van der Waals surface area contributed by atoms with E-state index in [0.29, 0.717) is 22.3 Å². The molecule has 0 aliphatic rings. The number of aromatic nitrogens is 3. The van der Waals surface area contributed by atoms with Crippen molar-refractivity contribution in [3.05, 3.63) is 52.0 Å². The molecule has 0 saturated carbocycles. The highest BCUT2D eigenvalue weighted by Gasteiger charge is 2.17. The third-order valence-corrected chi connectivity index (χ3v) is 3.50. The number of hydrogen-bond donors (Lipinski definition) is 1. The second kappa shape index (κ2) is 5.00. The van der Waals surface area contributed by atoms with E-state index in [2.05, 4.69) is 32.3 Å². The molecular weight excluding hydrogens is 336 g/mol. The van der Waals surface area contributed by atoms with Crippen molar-refractivity contribution in [1.82, 2.24) is 15.0 Å². The van der Waals surface area contributed by atoms with Crippen LogP contribution < -0.4 is 0 Å². The summed E-state index contributed by atoms with van der Waals surface area (Å²) in [6.45, 7) is 0. The van der Waals surface area contributed by atoms with Gasteiger partial charge in [0.05, 0.1) is 16.8 Å². The summed E-state index contributed by atoms with van der Waals surface area (Å²) in [6.07, 6.45) is 0. The predicted molar refractivity (Wildman–Crippen MR) is 78.2 cm³/mol. The van der Waals surface area contributed by atoms with Crippen molar-refractivity contribution in [3.8, 4) is 11.8 Å². The second-order valence-corrected chi connectivity index (χ2v) is 5.17. The lowest BCUT2D eigenvalue weighted by atomic mass is 10.1. The van der Waals surface area contributed by atoms with E-state index in [0.717, 1.165) is 4.47 Å². The molecule has 2 aromatic carbocycles. The fourth-order valence-electron chi connectivity index (χ4n) is 2.10. The highest BCUT2D eigenvalue weighted by atomic mass is 79.9.